The Morgan fingerprint density at radius 2 is 1.85 bits per heavy atom. The first kappa shape index (κ1) is 31.0. The first-order valence-electron chi connectivity index (χ1n) is 15.5. The largest absolute Gasteiger partial charge is 0.435 e. The molecule has 5 rings (SSSR count). The van der Waals surface area contributed by atoms with Gasteiger partial charge >= 0.3 is 10.3 Å². The number of fused-ring (bicyclic) bond motifs is 7. The highest BCUT2D eigenvalue weighted by atomic mass is 32.2. The van der Waals surface area contributed by atoms with Gasteiger partial charge in [0.25, 0.3) is 0 Å². The summed E-state index contributed by atoms with van der Waals surface area (Å²) in [6.07, 6.45) is 7.35. The van der Waals surface area contributed by atoms with Crippen LogP contribution in [0.25, 0.3) is 0 Å². The molecule has 0 amide bonds. The van der Waals surface area contributed by atoms with Crippen molar-refractivity contribution in [1.29, 1.82) is 0 Å². The number of nitrogens with zero attached hydrogens (tertiary/aromatic N) is 1. The van der Waals surface area contributed by atoms with E-state index in [4.69, 9.17) is 13.7 Å². The summed E-state index contributed by atoms with van der Waals surface area (Å²) in [5, 5.41) is 11.9. The number of allylic oxidation sites excluding steroid dienone is 4. The van der Waals surface area contributed by atoms with Crippen LogP contribution in [0.15, 0.2) is 23.8 Å². The SMILES string of the molecule is CCCC1O[C@H]2CC3C4CCC5=CC(=O)C=C[C@]5(C)C4C(O)C[C@]3(C)[C@]2(C(=O)COS(=O)(=O)[N+](CC)(CC)CC)O1. The van der Waals surface area contributed by atoms with Gasteiger partial charge in [-0.3, -0.25) is 9.59 Å². The van der Waals surface area contributed by atoms with Gasteiger partial charge < -0.3 is 14.6 Å². The molecule has 1 aliphatic heterocycles. The molecule has 3 saturated carbocycles. The molecule has 0 aromatic rings. The number of quaternary nitrogens is 1. The van der Waals surface area contributed by atoms with Crippen LogP contribution in [-0.2, 0) is 33.6 Å². The summed E-state index contributed by atoms with van der Waals surface area (Å²) in [6, 6.07) is 0. The molecule has 0 bridgehead atoms. The maximum Gasteiger partial charge on any atom is 0.435 e. The van der Waals surface area contributed by atoms with E-state index in [-0.39, 0.29) is 27.4 Å². The van der Waals surface area contributed by atoms with Gasteiger partial charge in [0.15, 0.2) is 23.5 Å². The lowest BCUT2D eigenvalue weighted by Gasteiger charge is -2.59. The average molecular weight is 595 g/mol. The minimum atomic E-state index is -4.09. The number of ketones is 2. The minimum absolute atomic E-state index is 0.0124. The summed E-state index contributed by atoms with van der Waals surface area (Å²) in [5.41, 5.74) is -1.55. The number of carbonyl (C=O) groups excluding carboxylic acids is 2. The normalized spacial score (nSPS) is 41.8. The number of hydrogen-bond acceptors (Lipinski definition) is 8. The fraction of sp³-hybridized carbons (Fsp3) is 0.806. The fourth-order valence-corrected chi connectivity index (χ4v) is 10.9. The van der Waals surface area contributed by atoms with Gasteiger partial charge in [-0.1, -0.05) is 38.8 Å². The van der Waals surface area contributed by atoms with Crippen LogP contribution in [-0.4, -0.2) is 79.3 Å². The molecule has 10 heteroatoms. The van der Waals surface area contributed by atoms with E-state index < -0.39 is 57.6 Å². The molecule has 41 heavy (non-hydrogen) atoms. The maximum absolute atomic E-state index is 14.4. The number of aliphatic hydroxyl groups excluding tert-OH is 1. The fourth-order valence-electron chi connectivity index (χ4n) is 9.50. The van der Waals surface area contributed by atoms with Crippen molar-refractivity contribution in [2.75, 3.05) is 26.2 Å². The summed E-state index contributed by atoms with van der Waals surface area (Å²) in [7, 11) is -4.09. The van der Waals surface area contributed by atoms with E-state index in [2.05, 4.69) is 6.92 Å². The summed E-state index contributed by atoms with van der Waals surface area (Å²) < 4.78 is 45.1. The van der Waals surface area contributed by atoms with E-state index in [1.807, 2.05) is 19.9 Å². The topological polar surface area (TPSA) is 116 Å². The minimum Gasteiger partial charge on any atom is -0.393 e. The lowest BCUT2D eigenvalue weighted by Crippen LogP contribution is -2.64. The van der Waals surface area contributed by atoms with Crippen molar-refractivity contribution in [2.45, 2.75) is 104 Å². The van der Waals surface area contributed by atoms with Crippen molar-refractivity contribution in [3.8, 4) is 0 Å². The molecule has 9 nitrogen and oxygen atoms in total. The molecule has 1 saturated heterocycles. The molecule has 4 fully saturated rings. The molecular weight excluding hydrogens is 546 g/mol. The number of aliphatic hydroxyl groups is 1. The lowest BCUT2D eigenvalue weighted by atomic mass is 9.46. The van der Waals surface area contributed by atoms with Crippen LogP contribution in [0.4, 0.5) is 0 Å². The molecular formula is C31H48NO8S+. The van der Waals surface area contributed by atoms with Crippen LogP contribution in [0.5, 0.6) is 0 Å². The number of carbonyl (C=O) groups is 2. The van der Waals surface area contributed by atoms with Crippen molar-refractivity contribution >= 4 is 21.9 Å². The Morgan fingerprint density at radius 3 is 2.49 bits per heavy atom. The molecule has 5 unspecified atom stereocenters. The van der Waals surface area contributed by atoms with E-state index in [0.717, 1.165) is 24.8 Å². The number of ether oxygens (including phenoxy) is 2. The zero-order valence-electron chi connectivity index (χ0n) is 25.4. The summed E-state index contributed by atoms with van der Waals surface area (Å²) >= 11 is 0. The van der Waals surface area contributed by atoms with Gasteiger partial charge in [0.05, 0.1) is 31.8 Å². The molecule has 1 N–H and O–H groups in total. The van der Waals surface area contributed by atoms with Crippen LogP contribution in [0.3, 0.4) is 0 Å². The van der Waals surface area contributed by atoms with Crippen molar-refractivity contribution in [2.24, 2.45) is 28.6 Å². The second-order valence-electron chi connectivity index (χ2n) is 13.3. The molecule has 1 heterocycles. The van der Waals surface area contributed by atoms with Crippen LogP contribution >= 0.6 is 0 Å². The standard InChI is InChI=1S/C31H48NO8S/c1-7-11-27-39-26-17-23-22-13-12-20-16-21(33)14-15-29(20,5)28(22)24(34)18-30(23,6)31(26,40-27)25(35)19-38-41(36,37)32(8-2,9-3)10-4/h14-16,22-24,26-28,34H,7-13,17-19H2,1-6H3/q+1/t22?,23?,24?,26-,27?,28?,29-,30-,31+/m0/s1. The van der Waals surface area contributed by atoms with Gasteiger partial charge in [0.1, 0.15) is 6.61 Å². The highest BCUT2D eigenvalue weighted by Gasteiger charge is 2.76. The third kappa shape index (κ3) is 4.30. The molecule has 0 radical (unpaired) electrons. The van der Waals surface area contributed by atoms with Crippen molar-refractivity contribution in [3.05, 3.63) is 23.8 Å². The molecule has 230 valence electrons. The lowest BCUT2D eigenvalue weighted by molar-refractivity contribution is -0.805. The Balaban J connectivity index is 1.50. The molecule has 0 aromatic heterocycles. The van der Waals surface area contributed by atoms with Crippen molar-refractivity contribution < 1.29 is 40.7 Å². The molecule has 5 aliphatic rings. The zero-order valence-corrected chi connectivity index (χ0v) is 26.2. The van der Waals surface area contributed by atoms with Crippen LogP contribution in [0.1, 0.15) is 80.1 Å². The number of rotatable bonds is 10. The Hall–Kier alpha value is -1.43. The van der Waals surface area contributed by atoms with Crippen molar-refractivity contribution in [1.82, 2.24) is 0 Å². The van der Waals surface area contributed by atoms with Crippen molar-refractivity contribution in [3.63, 3.8) is 0 Å². The summed E-state index contributed by atoms with van der Waals surface area (Å²) in [6.45, 7) is 12.0. The van der Waals surface area contributed by atoms with E-state index >= 15 is 0 Å². The smallest absolute Gasteiger partial charge is 0.393 e. The maximum atomic E-state index is 14.4. The first-order valence-corrected chi connectivity index (χ1v) is 16.9. The quantitative estimate of drug-likeness (QED) is 0.379. The van der Waals surface area contributed by atoms with Gasteiger partial charge in [0.2, 0.25) is 0 Å². The highest BCUT2D eigenvalue weighted by molar-refractivity contribution is 7.81. The molecule has 0 aromatic carbocycles. The number of hydrogen-bond donors (Lipinski definition) is 1. The van der Waals surface area contributed by atoms with E-state index in [1.165, 1.54) is 0 Å². The predicted molar refractivity (Wildman–Crippen MR) is 153 cm³/mol. The van der Waals surface area contributed by atoms with E-state index in [0.29, 0.717) is 38.9 Å². The van der Waals surface area contributed by atoms with Gasteiger partial charge in [-0.25, -0.2) is 4.18 Å². The van der Waals surface area contributed by atoms with E-state index in [9.17, 15) is 23.1 Å². The Bertz CT molecular complexity index is 1230. The van der Waals surface area contributed by atoms with Crippen LogP contribution in [0.2, 0.25) is 0 Å². The third-order valence-corrected chi connectivity index (χ3v) is 13.9. The van der Waals surface area contributed by atoms with E-state index in [1.54, 1.807) is 32.9 Å². The monoisotopic (exact) mass is 594 g/mol. The Kier molecular flexibility index (Phi) is 8.04. The summed E-state index contributed by atoms with van der Waals surface area (Å²) in [4.78, 5) is 26.5. The predicted octanol–water partition coefficient (Wildman–Crippen LogP) is 3.86. The average Bonchev–Trinajstić information content (AvgIpc) is 3.41. The molecule has 0 spiro atoms. The number of Topliss-reactive ketones (excluding diaryl/α,β-unsaturated/α-hetero) is 1. The first-order chi connectivity index (χ1) is 19.3. The third-order valence-electron chi connectivity index (χ3n) is 11.8. The second-order valence-corrected chi connectivity index (χ2v) is 15.1. The Morgan fingerprint density at radius 1 is 1.17 bits per heavy atom. The molecule has 4 aliphatic carbocycles. The highest BCUT2D eigenvalue weighted by Crippen LogP contribution is 2.69. The van der Waals surface area contributed by atoms with Gasteiger partial charge in [-0.2, -0.15) is 3.89 Å². The van der Waals surface area contributed by atoms with Gasteiger partial charge in [-0.05, 0) is 76.9 Å². The second kappa shape index (κ2) is 10.6. The molecule has 9 atom stereocenters. The van der Waals surface area contributed by atoms with Gasteiger partial charge in [0, 0.05) is 16.7 Å². The van der Waals surface area contributed by atoms with Crippen LogP contribution in [0, 0.1) is 28.6 Å². The van der Waals surface area contributed by atoms with Gasteiger partial charge in [-0.15, -0.1) is 8.42 Å². The van der Waals surface area contributed by atoms with Crippen LogP contribution < -0.4 is 0 Å². The summed E-state index contributed by atoms with van der Waals surface area (Å²) in [5.74, 6) is -0.431. The zero-order chi connectivity index (χ0) is 30.0. The Labute approximate surface area is 245 Å².